The fourth-order valence-electron chi connectivity index (χ4n) is 2.15. The summed E-state index contributed by atoms with van der Waals surface area (Å²) in [5.41, 5.74) is 0.817. The molecule has 0 aliphatic carbocycles. The number of hydrogen-bond acceptors (Lipinski definition) is 2. The van der Waals surface area contributed by atoms with E-state index in [4.69, 9.17) is 23.2 Å². The lowest BCUT2D eigenvalue weighted by atomic mass is 10.2. The predicted octanol–water partition coefficient (Wildman–Crippen LogP) is 2.62. The van der Waals surface area contributed by atoms with Crippen LogP contribution in [0, 0.1) is 6.92 Å². The summed E-state index contributed by atoms with van der Waals surface area (Å²) in [6.07, 6.45) is 0. The van der Waals surface area contributed by atoms with E-state index in [1.165, 1.54) is 10.7 Å². The number of aromatic amines is 2. The van der Waals surface area contributed by atoms with Crippen molar-refractivity contribution in [2.45, 2.75) is 6.92 Å². The van der Waals surface area contributed by atoms with Crippen molar-refractivity contribution in [3.8, 4) is 5.69 Å². The lowest BCUT2D eigenvalue weighted by Gasteiger charge is -2.04. The Morgan fingerprint density at radius 3 is 2.65 bits per heavy atom. The molecule has 0 aliphatic heterocycles. The first-order valence-electron chi connectivity index (χ1n) is 5.77. The van der Waals surface area contributed by atoms with Crippen molar-refractivity contribution in [3.63, 3.8) is 0 Å². The molecule has 0 aliphatic rings. The average molecular weight is 310 g/mol. The Hall–Kier alpha value is -1.98. The second kappa shape index (κ2) is 4.54. The second-order valence-corrected chi connectivity index (χ2v) is 5.26. The van der Waals surface area contributed by atoms with Gasteiger partial charge in [0, 0.05) is 11.1 Å². The topological polar surface area (TPSA) is 70.7 Å². The maximum absolute atomic E-state index is 12.4. The highest BCUT2D eigenvalue weighted by molar-refractivity contribution is 6.34. The van der Waals surface area contributed by atoms with Gasteiger partial charge >= 0.3 is 0 Å². The standard InChI is InChI=1S/C13H9Cl2N3O2/c1-6-4-10(19)16-12-11(6)13(20)18(17-12)9-5-7(14)2-3-8(9)15/h2-5H,1H3,(H2,16,17,19). The minimum absolute atomic E-state index is 0.277. The fraction of sp³-hybridized carbons (Fsp3) is 0.0769. The average Bonchev–Trinajstić information content (AvgIpc) is 2.69. The number of nitrogens with zero attached hydrogens (tertiary/aromatic N) is 1. The second-order valence-electron chi connectivity index (χ2n) is 4.41. The number of aromatic nitrogens is 3. The first-order valence-corrected chi connectivity index (χ1v) is 6.53. The minimum Gasteiger partial charge on any atom is -0.307 e. The van der Waals surface area contributed by atoms with E-state index in [0.717, 1.165) is 0 Å². The summed E-state index contributed by atoms with van der Waals surface area (Å²) in [5.74, 6) is 0. The predicted molar refractivity (Wildman–Crippen MR) is 79.3 cm³/mol. The van der Waals surface area contributed by atoms with Crippen LogP contribution in [0.3, 0.4) is 0 Å². The molecule has 2 aromatic heterocycles. The van der Waals surface area contributed by atoms with Gasteiger partial charge in [-0.3, -0.25) is 14.7 Å². The number of fused-ring (bicyclic) bond motifs is 1. The van der Waals surface area contributed by atoms with Crippen molar-refractivity contribution in [1.82, 2.24) is 14.8 Å². The zero-order chi connectivity index (χ0) is 14.4. The Labute approximate surface area is 122 Å². The molecular weight excluding hydrogens is 301 g/mol. The van der Waals surface area contributed by atoms with Gasteiger partial charge in [0.1, 0.15) is 5.65 Å². The fourth-order valence-corrected chi connectivity index (χ4v) is 2.52. The van der Waals surface area contributed by atoms with Gasteiger partial charge in [0.2, 0.25) is 5.56 Å². The minimum atomic E-state index is -0.294. The smallest absolute Gasteiger partial charge is 0.281 e. The van der Waals surface area contributed by atoms with E-state index in [-0.39, 0.29) is 11.1 Å². The number of hydrogen-bond donors (Lipinski definition) is 2. The molecule has 0 unspecified atom stereocenters. The summed E-state index contributed by atoms with van der Waals surface area (Å²) in [5, 5.41) is 4.09. The molecule has 3 aromatic rings. The molecule has 0 spiro atoms. The van der Waals surface area contributed by atoms with Crippen molar-refractivity contribution >= 4 is 34.2 Å². The van der Waals surface area contributed by atoms with Crippen molar-refractivity contribution < 1.29 is 0 Å². The van der Waals surface area contributed by atoms with Gasteiger partial charge in [-0.05, 0) is 30.7 Å². The molecule has 0 bridgehead atoms. The van der Waals surface area contributed by atoms with Crippen molar-refractivity contribution in [2.24, 2.45) is 0 Å². The van der Waals surface area contributed by atoms with Gasteiger partial charge in [0.05, 0.1) is 16.1 Å². The van der Waals surface area contributed by atoms with E-state index in [1.807, 2.05) is 0 Å². The quantitative estimate of drug-likeness (QED) is 0.725. The van der Waals surface area contributed by atoms with Crippen LogP contribution in [0.25, 0.3) is 16.7 Å². The van der Waals surface area contributed by atoms with E-state index in [0.29, 0.717) is 32.3 Å². The van der Waals surface area contributed by atoms with E-state index in [2.05, 4.69) is 10.1 Å². The molecule has 0 saturated heterocycles. The third-order valence-corrected chi connectivity index (χ3v) is 3.58. The molecule has 2 heterocycles. The van der Waals surface area contributed by atoms with Crippen LogP contribution in [0.5, 0.6) is 0 Å². The highest BCUT2D eigenvalue weighted by Crippen LogP contribution is 2.23. The summed E-state index contributed by atoms with van der Waals surface area (Å²) >= 11 is 12.0. The zero-order valence-electron chi connectivity index (χ0n) is 10.3. The number of aryl methyl sites for hydroxylation is 1. The largest absolute Gasteiger partial charge is 0.307 e. The normalized spacial score (nSPS) is 11.2. The highest BCUT2D eigenvalue weighted by Gasteiger charge is 2.14. The Kier molecular flexibility index (Phi) is 2.96. The molecule has 3 rings (SSSR count). The molecule has 0 fully saturated rings. The third-order valence-electron chi connectivity index (χ3n) is 3.03. The maximum atomic E-state index is 12.4. The zero-order valence-corrected chi connectivity index (χ0v) is 11.8. The number of nitrogens with one attached hydrogen (secondary N) is 2. The van der Waals surface area contributed by atoms with Crippen LogP contribution in [-0.4, -0.2) is 14.8 Å². The number of halogens is 2. The Morgan fingerprint density at radius 2 is 1.90 bits per heavy atom. The van der Waals surface area contributed by atoms with Crippen LogP contribution in [0.15, 0.2) is 33.9 Å². The van der Waals surface area contributed by atoms with Gasteiger partial charge in [0.25, 0.3) is 5.56 Å². The molecule has 1 aromatic carbocycles. The van der Waals surface area contributed by atoms with E-state index < -0.39 is 0 Å². The van der Waals surface area contributed by atoms with Crippen LogP contribution in [0.1, 0.15) is 5.56 Å². The number of rotatable bonds is 1. The lowest BCUT2D eigenvalue weighted by molar-refractivity contribution is 0.858. The summed E-state index contributed by atoms with van der Waals surface area (Å²) in [6.45, 7) is 1.71. The summed E-state index contributed by atoms with van der Waals surface area (Å²) in [6, 6.07) is 6.19. The van der Waals surface area contributed by atoms with E-state index in [9.17, 15) is 9.59 Å². The van der Waals surface area contributed by atoms with Crippen LogP contribution in [0.2, 0.25) is 10.0 Å². The molecule has 5 nitrogen and oxygen atoms in total. The SMILES string of the molecule is Cc1cc(=O)[nH]c2[nH]n(-c3cc(Cl)ccc3Cl)c(=O)c12. The third kappa shape index (κ3) is 1.95. The van der Waals surface area contributed by atoms with Gasteiger partial charge in [-0.25, -0.2) is 4.68 Å². The van der Waals surface area contributed by atoms with E-state index in [1.54, 1.807) is 25.1 Å². The monoisotopic (exact) mass is 309 g/mol. The molecule has 102 valence electrons. The van der Waals surface area contributed by atoms with Crippen LogP contribution < -0.4 is 11.1 Å². The van der Waals surface area contributed by atoms with Gasteiger partial charge in [-0.2, -0.15) is 0 Å². The number of pyridine rings is 1. The summed E-state index contributed by atoms with van der Waals surface area (Å²) in [7, 11) is 0. The van der Waals surface area contributed by atoms with Crippen LogP contribution in [-0.2, 0) is 0 Å². The molecular formula is C13H9Cl2N3O2. The molecule has 2 N–H and O–H groups in total. The van der Waals surface area contributed by atoms with Crippen LogP contribution >= 0.6 is 23.2 Å². The van der Waals surface area contributed by atoms with Crippen LogP contribution in [0.4, 0.5) is 0 Å². The Bertz CT molecular complexity index is 937. The Morgan fingerprint density at radius 1 is 1.15 bits per heavy atom. The van der Waals surface area contributed by atoms with Gasteiger partial charge < -0.3 is 4.98 Å². The van der Waals surface area contributed by atoms with E-state index >= 15 is 0 Å². The molecule has 20 heavy (non-hydrogen) atoms. The Balaban J connectivity index is 2.41. The molecule has 0 atom stereocenters. The van der Waals surface area contributed by atoms with Gasteiger partial charge in [0.15, 0.2) is 0 Å². The molecule has 0 saturated carbocycles. The van der Waals surface area contributed by atoms with Gasteiger partial charge in [-0.1, -0.05) is 23.2 Å². The molecule has 0 radical (unpaired) electrons. The van der Waals surface area contributed by atoms with Crippen molar-refractivity contribution in [1.29, 1.82) is 0 Å². The number of benzene rings is 1. The first kappa shape index (κ1) is 13.0. The number of H-pyrrole nitrogens is 2. The lowest BCUT2D eigenvalue weighted by Crippen LogP contribution is -2.15. The maximum Gasteiger partial charge on any atom is 0.281 e. The first-order chi connectivity index (χ1) is 9.47. The molecule has 0 amide bonds. The molecule has 7 heteroatoms. The highest BCUT2D eigenvalue weighted by atomic mass is 35.5. The van der Waals surface area contributed by atoms with Crippen molar-refractivity contribution in [3.05, 3.63) is 60.6 Å². The summed E-state index contributed by atoms with van der Waals surface area (Å²) in [4.78, 5) is 26.5. The van der Waals surface area contributed by atoms with Gasteiger partial charge in [-0.15, -0.1) is 0 Å². The summed E-state index contributed by atoms with van der Waals surface area (Å²) < 4.78 is 1.27. The van der Waals surface area contributed by atoms with Crippen molar-refractivity contribution in [2.75, 3.05) is 0 Å².